The highest BCUT2D eigenvalue weighted by Crippen LogP contribution is 2.25. The molecule has 0 aliphatic heterocycles. The zero-order chi connectivity index (χ0) is 14.5. The molecule has 2 rings (SSSR count). The molecule has 0 spiro atoms. The summed E-state index contributed by atoms with van der Waals surface area (Å²) in [6, 6.07) is 8.25. The highest BCUT2D eigenvalue weighted by atomic mass is 32.1. The van der Waals surface area contributed by atoms with Crippen LogP contribution in [0.5, 0.6) is 5.75 Å². The first kappa shape index (κ1) is 15.0. The van der Waals surface area contributed by atoms with E-state index in [9.17, 15) is 0 Å². The molecule has 1 aromatic carbocycles. The van der Waals surface area contributed by atoms with Crippen LogP contribution in [0.1, 0.15) is 48.0 Å². The highest BCUT2D eigenvalue weighted by Gasteiger charge is 2.13. The van der Waals surface area contributed by atoms with E-state index in [1.54, 1.807) is 11.3 Å². The van der Waals surface area contributed by atoms with Gasteiger partial charge >= 0.3 is 0 Å². The molecule has 0 bridgehead atoms. The minimum absolute atomic E-state index is 0.0413. The third-order valence-corrected chi connectivity index (χ3v) is 4.46. The number of thiazole rings is 1. The molecule has 0 fully saturated rings. The lowest BCUT2D eigenvalue weighted by Crippen LogP contribution is -2.05. The number of aryl methyl sites for hydroxylation is 2. The van der Waals surface area contributed by atoms with Crippen molar-refractivity contribution in [1.82, 2.24) is 4.98 Å². The Morgan fingerprint density at radius 1 is 1.30 bits per heavy atom. The largest absolute Gasteiger partial charge is 0.486 e. The summed E-state index contributed by atoms with van der Waals surface area (Å²) in [7, 11) is 0. The molecule has 1 unspecified atom stereocenters. The zero-order valence-electron chi connectivity index (χ0n) is 12.3. The predicted molar refractivity (Wildman–Crippen MR) is 84.2 cm³/mol. The molecule has 108 valence electrons. The van der Waals surface area contributed by atoms with E-state index in [0.29, 0.717) is 6.61 Å². The zero-order valence-corrected chi connectivity index (χ0v) is 13.2. The number of rotatable bonds is 6. The topological polar surface area (TPSA) is 48.1 Å². The molecule has 0 aliphatic carbocycles. The lowest BCUT2D eigenvalue weighted by Gasteiger charge is -2.05. The maximum atomic E-state index is 5.98. The first-order chi connectivity index (χ1) is 9.63. The molecular weight excluding hydrogens is 268 g/mol. The number of hydrogen-bond donors (Lipinski definition) is 1. The Balaban J connectivity index is 2.06. The van der Waals surface area contributed by atoms with Gasteiger partial charge in [-0.05, 0) is 37.5 Å². The van der Waals surface area contributed by atoms with Crippen molar-refractivity contribution in [2.24, 2.45) is 5.73 Å². The Morgan fingerprint density at radius 3 is 2.70 bits per heavy atom. The van der Waals surface area contributed by atoms with Crippen molar-refractivity contribution in [3.8, 4) is 5.75 Å². The number of nitrogens with two attached hydrogens (primary N) is 1. The minimum atomic E-state index is 0.0413. The van der Waals surface area contributed by atoms with Crippen LogP contribution in [0.2, 0.25) is 0 Å². The fraction of sp³-hybridized carbons (Fsp3) is 0.438. The second-order valence-corrected chi connectivity index (χ2v) is 5.97. The van der Waals surface area contributed by atoms with Crippen LogP contribution >= 0.6 is 11.3 Å². The number of nitrogens with zero attached hydrogens (tertiary/aromatic N) is 1. The fourth-order valence-corrected chi connectivity index (χ4v) is 3.11. The summed E-state index contributed by atoms with van der Waals surface area (Å²) in [6.45, 7) is 6.76. The first-order valence-corrected chi connectivity index (χ1v) is 7.91. The molecule has 0 amide bonds. The van der Waals surface area contributed by atoms with Crippen molar-refractivity contribution in [3.63, 3.8) is 0 Å². The van der Waals surface area contributed by atoms with E-state index in [2.05, 4.69) is 31.0 Å². The molecule has 2 N–H and O–H groups in total. The SMILES string of the molecule is CCc1cccc(OCc2nc(CC)c(C(C)N)s2)c1. The number of hydrogen-bond acceptors (Lipinski definition) is 4. The second kappa shape index (κ2) is 6.86. The van der Waals surface area contributed by atoms with E-state index < -0.39 is 0 Å². The van der Waals surface area contributed by atoms with E-state index in [1.807, 2.05) is 19.1 Å². The Hall–Kier alpha value is -1.39. The van der Waals surface area contributed by atoms with Crippen molar-refractivity contribution in [3.05, 3.63) is 45.4 Å². The second-order valence-electron chi connectivity index (χ2n) is 4.85. The summed E-state index contributed by atoms with van der Waals surface area (Å²) in [4.78, 5) is 5.80. The Labute approximate surface area is 124 Å². The van der Waals surface area contributed by atoms with Gasteiger partial charge in [0.25, 0.3) is 0 Å². The van der Waals surface area contributed by atoms with Gasteiger partial charge in [-0.3, -0.25) is 0 Å². The maximum Gasteiger partial charge on any atom is 0.140 e. The third kappa shape index (κ3) is 3.58. The monoisotopic (exact) mass is 290 g/mol. The van der Waals surface area contributed by atoms with Crippen LogP contribution in [0.25, 0.3) is 0 Å². The lowest BCUT2D eigenvalue weighted by atomic mass is 10.2. The predicted octanol–water partition coefficient (Wildman–Crippen LogP) is 3.87. The van der Waals surface area contributed by atoms with Crippen molar-refractivity contribution >= 4 is 11.3 Å². The van der Waals surface area contributed by atoms with Gasteiger partial charge in [-0.1, -0.05) is 26.0 Å². The van der Waals surface area contributed by atoms with Crippen LogP contribution in [0.15, 0.2) is 24.3 Å². The molecular formula is C16H22N2OS. The molecule has 1 heterocycles. The van der Waals surface area contributed by atoms with Gasteiger partial charge in [-0.15, -0.1) is 11.3 Å². The van der Waals surface area contributed by atoms with Crippen LogP contribution in [-0.4, -0.2) is 4.98 Å². The molecule has 1 atom stereocenters. The van der Waals surface area contributed by atoms with E-state index in [0.717, 1.165) is 29.3 Å². The van der Waals surface area contributed by atoms with Gasteiger partial charge in [0.2, 0.25) is 0 Å². The standard InChI is InChI=1S/C16H22N2OS/c1-4-12-7-6-8-13(9-12)19-10-15-18-14(5-2)16(20-15)11(3)17/h6-9,11H,4-5,10,17H2,1-3H3. The summed E-state index contributed by atoms with van der Waals surface area (Å²) < 4.78 is 5.83. The quantitative estimate of drug-likeness (QED) is 0.878. The summed E-state index contributed by atoms with van der Waals surface area (Å²) in [5, 5.41) is 0.996. The maximum absolute atomic E-state index is 5.98. The number of benzene rings is 1. The minimum Gasteiger partial charge on any atom is -0.486 e. The van der Waals surface area contributed by atoms with Gasteiger partial charge in [0, 0.05) is 10.9 Å². The van der Waals surface area contributed by atoms with Crippen LogP contribution < -0.4 is 10.5 Å². The van der Waals surface area contributed by atoms with Crippen molar-refractivity contribution in [2.75, 3.05) is 0 Å². The van der Waals surface area contributed by atoms with E-state index in [1.165, 1.54) is 10.4 Å². The molecule has 0 saturated carbocycles. The molecule has 4 heteroatoms. The smallest absolute Gasteiger partial charge is 0.140 e. The number of ether oxygens (including phenoxy) is 1. The van der Waals surface area contributed by atoms with Crippen LogP contribution in [0.3, 0.4) is 0 Å². The van der Waals surface area contributed by atoms with Gasteiger partial charge in [-0.25, -0.2) is 4.98 Å². The Bertz CT molecular complexity index is 563. The average Bonchev–Trinajstić information content (AvgIpc) is 2.89. The van der Waals surface area contributed by atoms with Gasteiger partial charge in [-0.2, -0.15) is 0 Å². The van der Waals surface area contributed by atoms with Crippen LogP contribution in [-0.2, 0) is 19.4 Å². The average molecular weight is 290 g/mol. The van der Waals surface area contributed by atoms with E-state index >= 15 is 0 Å². The molecule has 0 aliphatic rings. The van der Waals surface area contributed by atoms with Crippen molar-refractivity contribution in [2.45, 2.75) is 46.3 Å². The summed E-state index contributed by atoms with van der Waals surface area (Å²) >= 11 is 1.66. The molecule has 0 saturated heterocycles. The van der Waals surface area contributed by atoms with Gasteiger partial charge < -0.3 is 10.5 Å². The number of aromatic nitrogens is 1. The first-order valence-electron chi connectivity index (χ1n) is 7.09. The van der Waals surface area contributed by atoms with E-state index in [4.69, 9.17) is 10.5 Å². The Morgan fingerprint density at radius 2 is 2.10 bits per heavy atom. The summed E-state index contributed by atoms with van der Waals surface area (Å²) in [5.41, 5.74) is 8.37. The van der Waals surface area contributed by atoms with Gasteiger partial charge in [0.1, 0.15) is 17.4 Å². The lowest BCUT2D eigenvalue weighted by molar-refractivity contribution is 0.305. The Kier molecular flexibility index (Phi) is 5.15. The summed E-state index contributed by atoms with van der Waals surface area (Å²) in [6.07, 6.45) is 1.93. The van der Waals surface area contributed by atoms with Gasteiger partial charge in [0.15, 0.2) is 0 Å². The van der Waals surface area contributed by atoms with Crippen LogP contribution in [0.4, 0.5) is 0 Å². The molecule has 20 heavy (non-hydrogen) atoms. The molecule has 2 aromatic rings. The molecule has 0 radical (unpaired) electrons. The van der Waals surface area contributed by atoms with Gasteiger partial charge in [0.05, 0.1) is 5.69 Å². The van der Waals surface area contributed by atoms with Crippen molar-refractivity contribution < 1.29 is 4.74 Å². The third-order valence-electron chi connectivity index (χ3n) is 3.19. The fourth-order valence-electron chi connectivity index (χ4n) is 2.09. The molecule has 3 nitrogen and oxygen atoms in total. The summed E-state index contributed by atoms with van der Waals surface area (Å²) in [5.74, 6) is 0.903. The normalized spacial score (nSPS) is 12.4. The van der Waals surface area contributed by atoms with Crippen LogP contribution in [0, 0.1) is 0 Å². The van der Waals surface area contributed by atoms with E-state index in [-0.39, 0.29) is 6.04 Å². The molecule has 1 aromatic heterocycles. The highest BCUT2D eigenvalue weighted by molar-refractivity contribution is 7.11. The van der Waals surface area contributed by atoms with Crippen molar-refractivity contribution in [1.29, 1.82) is 0 Å².